The lowest BCUT2D eigenvalue weighted by atomic mass is 9.98. The molecule has 2 saturated heterocycles. The van der Waals surface area contributed by atoms with Gasteiger partial charge in [0.2, 0.25) is 0 Å². The summed E-state index contributed by atoms with van der Waals surface area (Å²) in [5.74, 6) is -0.670. The van der Waals surface area contributed by atoms with Crippen LogP contribution in [0.4, 0.5) is 13.6 Å². The molecule has 1 N–H and O–H groups in total. The lowest BCUT2D eigenvalue weighted by molar-refractivity contribution is 0.00287. The van der Waals surface area contributed by atoms with E-state index in [9.17, 15) is 13.6 Å². The van der Waals surface area contributed by atoms with Gasteiger partial charge in [-0.1, -0.05) is 37.6 Å². The summed E-state index contributed by atoms with van der Waals surface area (Å²) in [6.45, 7) is 7.59. The molecule has 0 spiro atoms. The van der Waals surface area contributed by atoms with Crippen LogP contribution in [-0.2, 0) is 0 Å². The van der Waals surface area contributed by atoms with E-state index >= 15 is 0 Å². The Morgan fingerprint density at radius 3 is 1.76 bits per heavy atom. The number of piperidine rings is 1. The third-order valence-corrected chi connectivity index (χ3v) is 6.87. The molecule has 2 aromatic rings. The first kappa shape index (κ1) is 23.6. The van der Waals surface area contributed by atoms with E-state index in [0.29, 0.717) is 19.3 Å². The van der Waals surface area contributed by atoms with Crippen molar-refractivity contribution in [2.24, 2.45) is 0 Å². The van der Waals surface area contributed by atoms with Crippen LogP contribution in [0.25, 0.3) is 0 Å². The Balaban J connectivity index is 1.41. The quantitative estimate of drug-likeness (QED) is 0.690. The highest BCUT2D eigenvalue weighted by Crippen LogP contribution is 2.24. The lowest BCUT2D eigenvalue weighted by Crippen LogP contribution is -2.58. The van der Waals surface area contributed by atoms with Gasteiger partial charge in [-0.2, -0.15) is 0 Å². The van der Waals surface area contributed by atoms with Crippen molar-refractivity contribution < 1.29 is 13.6 Å². The summed E-state index contributed by atoms with van der Waals surface area (Å²) in [6, 6.07) is 11.5. The molecule has 2 aliphatic rings. The van der Waals surface area contributed by atoms with Crippen molar-refractivity contribution in [3.63, 3.8) is 0 Å². The molecule has 1 atom stereocenters. The molecule has 0 aliphatic carbocycles. The number of nitrogens with zero attached hydrogens (tertiary/aromatic N) is 3. The number of piperazine rings is 1. The highest BCUT2D eigenvalue weighted by molar-refractivity contribution is 5.75. The fourth-order valence-electron chi connectivity index (χ4n) is 5.07. The number of halogens is 2. The largest absolute Gasteiger partial charge is 0.327 e. The standard InChI is InChI=1S/C26H34F2N4O/c1-2-24(30-14-4-3-5-15-30)31-16-18-32(19-17-31)26(33)29-25(20-6-10-22(27)11-7-20)21-8-12-23(28)13-9-21/h6-13,24-25H,2-5,14-19H2,1H3,(H,29,33). The molecule has 0 saturated carbocycles. The van der Waals surface area contributed by atoms with Gasteiger partial charge < -0.3 is 10.2 Å². The van der Waals surface area contributed by atoms with E-state index in [4.69, 9.17) is 0 Å². The van der Waals surface area contributed by atoms with Crippen molar-refractivity contribution in [2.45, 2.75) is 44.8 Å². The predicted molar refractivity (Wildman–Crippen MR) is 126 cm³/mol. The zero-order valence-corrected chi connectivity index (χ0v) is 19.4. The number of rotatable bonds is 6. The monoisotopic (exact) mass is 456 g/mol. The van der Waals surface area contributed by atoms with Crippen LogP contribution in [0.15, 0.2) is 48.5 Å². The number of amides is 2. The number of urea groups is 1. The van der Waals surface area contributed by atoms with Gasteiger partial charge in [-0.15, -0.1) is 0 Å². The van der Waals surface area contributed by atoms with Crippen LogP contribution < -0.4 is 5.32 Å². The maximum absolute atomic E-state index is 13.5. The fraction of sp³-hybridized carbons (Fsp3) is 0.500. The van der Waals surface area contributed by atoms with Crippen LogP contribution in [0.5, 0.6) is 0 Å². The molecule has 0 radical (unpaired) electrons. The summed E-state index contributed by atoms with van der Waals surface area (Å²) in [7, 11) is 0. The first-order chi connectivity index (χ1) is 16.0. The number of nitrogens with one attached hydrogen (secondary N) is 1. The Labute approximate surface area is 195 Å². The molecule has 2 aromatic carbocycles. The van der Waals surface area contributed by atoms with Crippen molar-refractivity contribution in [1.29, 1.82) is 0 Å². The van der Waals surface area contributed by atoms with Crippen LogP contribution in [-0.4, -0.2) is 66.2 Å². The SMILES string of the molecule is CCC(N1CCCCC1)N1CCN(C(=O)NC(c2ccc(F)cc2)c2ccc(F)cc2)CC1. The number of hydrogen-bond donors (Lipinski definition) is 1. The molecule has 0 bridgehead atoms. The molecule has 2 fully saturated rings. The lowest BCUT2D eigenvalue weighted by Gasteiger charge is -2.45. The molecule has 0 aromatic heterocycles. The van der Waals surface area contributed by atoms with Crippen molar-refractivity contribution >= 4 is 6.03 Å². The van der Waals surface area contributed by atoms with Crippen LogP contribution in [0.3, 0.4) is 0 Å². The topological polar surface area (TPSA) is 38.8 Å². The number of carbonyl (C=O) groups excluding carboxylic acids is 1. The number of benzene rings is 2. The highest BCUT2D eigenvalue weighted by atomic mass is 19.1. The van der Waals surface area contributed by atoms with E-state index in [1.54, 1.807) is 24.3 Å². The van der Waals surface area contributed by atoms with Gasteiger partial charge in [-0.05, 0) is 67.7 Å². The average Bonchev–Trinajstić information content (AvgIpc) is 2.85. The van der Waals surface area contributed by atoms with Gasteiger partial charge in [0.05, 0.1) is 12.2 Å². The molecular formula is C26H34F2N4O. The number of hydrogen-bond acceptors (Lipinski definition) is 3. The molecule has 178 valence electrons. The van der Waals surface area contributed by atoms with Gasteiger partial charge >= 0.3 is 6.03 Å². The number of likely N-dealkylation sites (tertiary alicyclic amines) is 1. The molecule has 2 amide bonds. The summed E-state index contributed by atoms with van der Waals surface area (Å²) in [6.07, 6.45) is 5.40. The van der Waals surface area contributed by atoms with Gasteiger partial charge in [-0.25, -0.2) is 13.6 Å². The van der Waals surface area contributed by atoms with Gasteiger partial charge in [0, 0.05) is 26.2 Å². The van der Waals surface area contributed by atoms with Crippen molar-refractivity contribution in [3.05, 3.63) is 71.3 Å². The molecular weight excluding hydrogens is 422 g/mol. The average molecular weight is 457 g/mol. The van der Waals surface area contributed by atoms with Gasteiger partial charge in [0.1, 0.15) is 11.6 Å². The molecule has 4 rings (SSSR count). The zero-order chi connectivity index (χ0) is 23.2. The fourth-order valence-corrected chi connectivity index (χ4v) is 5.07. The maximum atomic E-state index is 13.5. The van der Waals surface area contributed by atoms with Gasteiger partial charge in [0.25, 0.3) is 0 Å². The van der Waals surface area contributed by atoms with E-state index in [1.165, 1.54) is 43.5 Å². The second kappa shape index (κ2) is 11.1. The van der Waals surface area contributed by atoms with E-state index in [1.807, 2.05) is 4.90 Å². The Hall–Kier alpha value is -2.51. The minimum absolute atomic E-state index is 0.153. The first-order valence-electron chi connectivity index (χ1n) is 12.1. The highest BCUT2D eigenvalue weighted by Gasteiger charge is 2.30. The Morgan fingerprint density at radius 2 is 1.27 bits per heavy atom. The smallest absolute Gasteiger partial charge is 0.318 e. The predicted octanol–water partition coefficient (Wildman–Crippen LogP) is 4.60. The molecule has 7 heteroatoms. The summed E-state index contributed by atoms with van der Waals surface area (Å²) in [5.41, 5.74) is 1.51. The van der Waals surface area contributed by atoms with Crippen LogP contribution >= 0.6 is 0 Å². The van der Waals surface area contributed by atoms with E-state index in [-0.39, 0.29) is 17.7 Å². The van der Waals surface area contributed by atoms with Crippen LogP contribution in [0, 0.1) is 11.6 Å². The Bertz CT molecular complexity index is 846. The van der Waals surface area contributed by atoms with Crippen molar-refractivity contribution in [2.75, 3.05) is 39.3 Å². The molecule has 5 nitrogen and oxygen atoms in total. The second-order valence-corrected chi connectivity index (χ2v) is 8.99. The zero-order valence-electron chi connectivity index (χ0n) is 19.4. The van der Waals surface area contributed by atoms with Gasteiger partial charge in [-0.3, -0.25) is 9.80 Å². The second-order valence-electron chi connectivity index (χ2n) is 8.99. The molecule has 1 unspecified atom stereocenters. The van der Waals surface area contributed by atoms with Crippen LogP contribution in [0.2, 0.25) is 0 Å². The first-order valence-corrected chi connectivity index (χ1v) is 12.1. The molecule has 2 heterocycles. The summed E-state index contributed by atoms with van der Waals surface area (Å²) < 4.78 is 26.9. The third-order valence-electron chi connectivity index (χ3n) is 6.87. The minimum Gasteiger partial charge on any atom is -0.327 e. The van der Waals surface area contributed by atoms with Gasteiger partial charge in [0.15, 0.2) is 0 Å². The molecule has 33 heavy (non-hydrogen) atoms. The minimum atomic E-state index is -0.478. The normalized spacial score (nSPS) is 19.0. The summed E-state index contributed by atoms with van der Waals surface area (Å²) in [5, 5.41) is 3.09. The summed E-state index contributed by atoms with van der Waals surface area (Å²) >= 11 is 0. The van der Waals surface area contributed by atoms with E-state index in [0.717, 1.165) is 43.7 Å². The van der Waals surface area contributed by atoms with Crippen molar-refractivity contribution in [1.82, 2.24) is 20.0 Å². The maximum Gasteiger partial charge on any atom is 0.318 e. The summed E-state index contributed by atoms with van der Waals surface area (Å²) in [4.78, 5) is 20.1. The van der Waals surface area contributed by atoms with Crippen LogP contribution in [0.1, 0.15) is 49.8 Å². The molecule has 2 aliphatic heterocycles. The third kappa shape index (κ3) is 5.89. The van der Waals surface area contributed by atoms with E-state index < -0.39 is 6.04 Å². The van der Waals surface area contributed by atoms with E-state index in [2.05, 4.69) is 22.0 Å². The Kier molecular flexibility index (Phi) is 7.93. The number of carbonyl (C=O) groups is 1. The van der Waals surface area contributed by atoms with Crippen molar-refractivity contribution in [3.8, 4) is 0 Å². The Morgan fingerprint density at radius 1 is 0.788 bits per heavy atom.